The number of methoxy groups -OCH3 is 1. The zero-order valence-electron chi connectivity index (χ0n) is 18.1. The first-order chi connectivity index (χ1) is 14.3. The number of fused-ring (bicyclic) bond motifs is 1. The van der Waals surface area contributed by atoms with E-state index in [-0.39, 0.29) is 36.2 Å². The Morgan fingerprint density at radius 3 is 2.57 bits per heavy atom. The molecule has 1 aliphatic rings. The van der Waals surface area contributed by atoms with Crippen LogP contribution in [0.5, 0.6) is 5.88 Å². The third-order valence-electron chi connectivity index (χ3n) is 5.04. The molecule has 0 amide bonds. The summed E-state index contributed by atoms with van der Waals surface area (Å²) in [7, 11) is 0.356. The molecule has 0 aromatic carbocycles. The lowest BCUT2D eigenvalue weighted by Gasteiger charge is -2.22. The fourth-order valence-electron chi connectivity index (χ4n) is 3.37. The van der Waals surface area contributed by atoms with Gasteiger partial charge in [0.1, 0.15) is 13.3 Å². The summed E-state index contributed by atoms with van der Waals surface area (Å²) in [6.07, 6.45) is 1.47. The van der Waals surface area contributed by atoms with E-state index in [9.17, 15) is 4.79 Å². The second kappa shape index (κ2) is 10.2. The minimum atomic E-state index is -1.24. The normalized spacial score (nSPS) is 15.8. The van der Waals surface area contributed by atoms with Crippen LogP contribution in [0.25, 0.3) is 11.2 Å². The van der Waals surface area contributed by atoms with Gasteiger partial charge in [-0.15, -0.1) is 0 Å². The lowest BCUT2D eigenvalue weighted by atomic mass is 10.1. The van der Waals surface area contributed by atoms with Gasteiger partial charge in [-0.2, -0.15) is 9.97 Å². The van der Waals surface area contributed by atoms with Crippen molar-refractivity contribution in [3.8, 4) is 5.88 Å². The van der Waals surface area contributed by atoms with Crippen molar-refractivity contribution in [3.05, 3.63) is 15.8 Å². The number of hydrogen-bond acceptors (Lipinski definition) is 7. The number of halogens is 1. The van der Waals surface area contributed by atoms with Crippen LogP contribution in [-0.4, -0.2) is 67.3 Å². The van der Waals surface area contributed by atoms with Crippen LogP contribution in [0.15, 0.2) is 4.79 Å². The first kappa shape index (κ1) is 23.2. The molecule has 1 saturated heterocycles. The minimum absolute atomic E-state index is 0.0187. The average molecular weight is 459 g/mol. The van der Waals surface area contributed by atoms with Gasteiger partial charge >= 0.3 is 5.69 Å². The molecule has 30 heavy (non-hydrogen) atoms. The summed E-state index contributed by atoms with van der Waals surface area (Å²) in [5.41, 5.74) is 0.770. The molecule has 0 atom stereocenters. The van der Waals surface area contributed by atoms with Crippen molar-refractivity contribution >= 4 is 30.8 Å². The Labute approximate surface area is 182 Å². The predicted molar refractivity (Wildman–Crippen MR) is 117 cm³/mol. The van der Waals surface area contributed by atoms with E-state index in [1.807, 2.05) is 0 Å². The molecule has 0 bridgehead atoms. The smallest absolute Gasteiger partial charge is 0.332 e. The van der Waals surface area contributed by atoms with Crippen molar-refractivity contribution in [1.29, 1.82) is 0 Å². The van der Waals surface area contributed by atoms with Crippen LogP contribution in [0.3, 0.4) is 0 Å². The third kappa shape index (κ3) is 5.61. The summed E-state index contributed by atoms with van der Waals surface area (Å²) in [6.45, 7) is 9.46. The molecule has 11 heteroatoms. The van der Waals surface area contributed by atoms with E-state index >= 15 is 0 Å². The summed E-state index contributed by atoms with van der Waals surface area (Å²) >= 11 is 6.18. The number of ether oxygens (including phenoxy) is 4. The highest BCUT2D eigenvalue weighted by Crippen LogP contribution is 2.29. The molecular formula is C19H31ClN4O5Si. The Morgan fingerprint density at radius 2 is 1.90 bits per heavy atom. The van der Waals surface area contributed by atoms with Gasteiger partial charge in [-0.05, 0) is 30.5 Å². The molecule has 1 aliphatic heterocycles. The fourth-order valence-corrected chi connectivity index (χ4v) is 4.28. The van der Waals surface area contributed by atoms with E-state index in [0.717, 1.165) is 18.9 Å². The molecule has 0 aliphatic carbocycles. The fraction of sp³-hybridized carbons (Fsp3) is 0.737. The molecule has 2 aromatic heterocycles. The predicted octanol–water partition coefficient (Wildman–Crippen LogP) is 2.94. The molecule has 0 unspecified atom stereocenters. The monoisotopic (exact) mass is 458 g/mol. The van der Waals surface area contributed by atoms with Gasteiger partial charge in [-0.3, -0.25) is 9.13 Å². The minimum Gasteiger partial charge on any atom is -0.474 e. The van der Waals surface area contributed by atoms with E-state index < -0.39 is 8.07 Å². The van der Waals surface area contributed by atoms with Crippen molar-refractivity contribution in [3.63, 3.8) is 0 Å². The molecule has 0 spiro atoms. The number of nitrogens with zero attached hydrogens (tertiary/aromatic N) is 4. The van der Waals surface area contributed by atoms with Crippen molar-refractivity contribution < 1.29 is 18.9 Å². The Balaban J connectivity index is 2.00. The van der Waals surface area contributed by atoms with Crippen molar-refractivity contribution in [2.24, 2.45) is 0 Å². The van der Waals surface area contributed by atoms with Crippen LogP contribution < -0.4 is 10.4 Å². The lowest BCUT2D eigenvalue weighted by Crippen LogP contribution is -2.31. The van der Waals surface area contributed by atoms with Gasteiger partial charge < -0.3 is 18.9 Å². The molecule has 0 N–H and O–H groups in total. The molecule has 1 fully saturated rings. The van der Waals surface area contributed by atoms with Crippen LogP contribution in [0.2, 0.25) is 31.0 Å². The summed E-state index contributed by atoms with van der Waals surface area (Å²) < 4.78 is 25.4. The third-order valence-corrected chi connectivity index (χ3v) is 6.91. The Kier molecular flexibility index (Phi) is 7.91. The Morgan fingerprint density at radius 1 is 1.17 bits per heavy atom. The van der Waals surface area contributed by atoms with Crippen molar-refractivity contribution in [2.75, 3.05) is 40.1 Å². The highest BCUT2D eigenvalue weighted by Gasteiger charge is 2.27. The summed E-state index contributed by atoms with van der Waals surface area (Å²) in [6, 6.07) is 0.995. The standard InChI is InChI=1S/C19H31ClN4O5Si/c1-26-9-10-29-17-15-16(21-18(20)22-17)24(14-5-7-27-8-6-14)19(25)23(15)13-28-11-12-30(2,3)4/h14H,5-13H2,1-4H3. The largest absolute Gasteiger partial charge is 0.474 e. The molecule has 0 saturated carbocycles. The summed E-state index contributed by atoms with van der Waals surface area (Å²) in [5, 5.41) is 0.0347. The first-order valence-electron chi connectivity index (χ1n) is 10.3. The van der Waals surface area contributed by atoms with E-state index in [4.69, 9.17) is 30.5 Å². The topological polar surface area (TPSA) is 89.6 Å². The van der Waals surface area contributed by atoms with E-state index in [0.29, 0.717) is 37.6 Å². The lowest BCUT2D eigenvalue weighted by molar-refractivity contribution is 0.0669. The maximum absolute atomic E-state index is 13.4. The first-order valence-corrected chi connectivity index (χ1v) is 14.4. The molecular weight excluding hydrogens is 428 g/mol. The summed E-state index contributed by atoms with van der Waals surface area (Å²) in [5.74, 6) is 0.263. The molecule has 3 rings (SSSR count). The molecule has 9 nitrogen and oxygen atoms in total. The molecule has 2 aromatic rings. The number of hydrogen-bond donors (Lipinski definition) is 0. The number of rotatable bonds is 10. The van der Waals surface area contributed by atoms with Gasteiger partial charge in [0.25, 0.3) is 0 Å². The molecule has 168 valence electrons. The highest BCUT2D eigenvalue weighted by molar-refractivity contribution is 6.76. The van der Waals surface area contributed by atoms with Gasteiger partial charge in [0.15, 0.2) is 11.2 Å². The van der Waals surface area contributed by atoms with Gasteiger partial charge in [0.2, 0.25) is 11.2 Å². The molecule has 3 heterocycles. The van der Waals surface area contributed by atoms with Crippen LogP contribution in [-0.2, 0) is 20.9 Å². The second-order valence-corrected chi connectivity index (χ2v) is 14.5. The summed E-state index contributed by atoms with van der Waals surface area (Å²) in [4.78, 5) is 22.0. The quantitative estimate of drug-likeness (QED) is 0.307. The maximum atomic E-state index is 13.4. The van der Waals surface area contributed by atoms with Crippen LogP contribution >= 0.6 is 11.6 Å². The van der Waals surface area contributed by atoms with Gasteiger partial charge in [-0.25, -0.2) is 4.79 Å². The Hall–Kier alpha value is -1.46. The van der Waals surface area contributed by atoms with E-state index in [1.54, 1.807) is 16.2 Å². The number of aromatic nitrogens is 4. The van der Waals surface area contributed by atoms with Crippen molar-refractivity contribution in [2.45, 2.75) is 51.3 Å². The average Bonchev–Trinajstić information content (AvgIpc) is 2.96. The van der Waals surface area contributed by atoms with Gasteiger partial charge in [-0.1, -0.05) is 19.6 Å². The van der Waals surface area contributed by atoms with E-state index in [2.05, 4.69) is 29.6 Å². The van der Waals surface area contributed by atoms with Crippen molar-refractivity contribution in [1.82, 2.24) is 19.1 Å². The maximum Gasteiger partial charge on any atom is 0.332 e. The number of imidazole rings is 1. The second-order valence-electron chi connectivity index (χ2n) is 8.58. The van der Waals surface area contributed by atoms with E-state index in [1.165, 1.54) is 0 Å². The Bertz CT molecular complexity index is 905. The van der Waals surface area contributed by atoms with Crippen LogP contribution in [0.4, 0.5) is 0 Å². The zero-order chi connectivity index (χ0) is 21.7. The van der Waals surface area contributed by atoms with Crippen LogP contribution in [0, 0.1) is 0 Å². The SMILES string of the molecule is COCCOc1nc(Cl)nc2c1n(COCC[Si](C)(C)C)c(=O)n2C1CCOCC1. The van der Waals surface area contributed by atoms with Gasteiger partial charge in [0, 0.05) is 41.0 Å². The highest BCUT2D eigenvalue weighted by atomic mass is 35.5. The van der Waals surface area contributed by atoms with Gasteiger partial charge in [0.05, 0.1) is 6.61 Å². The molecule has 0 radical (unpaired) electrons. The zero-order valence-corrected chi connectivity index (χ0v) is 19.9. The van der Waals surface area contributed by atoms with Crippen LogP contribution in [0.1, 0.15) is 18.9 Å².